The van der Waals surface area contributed by atoms with Gasteiger partial charge in [-0.2, -0.15) is 11.8 Å². The zero-order valence-corrected chi connectivity index (χ0v) is 9.03. The molecule has 1 aliphatic rings. The van der Waals surface area contributed by atoms with E-state index in [0.29, 0.717) is 6.04 Å². The van der Waals surface area contributed by atoms with Crippen molar-refractivity contribution < 1.29 is 4.39 Å². The highest BCUT2D eigenvalue weighted by Gasteiger charge is 2.15. The normalized spacial score (nSPS) is 21.1. The summed E-state index contributed by atoms with van der Waals surface area (Å²) < 4.78 is 12.8. The third kappa shape index (κ3) is 2.21. The summed E-state index contributed by atoms with van der Waals surface area (Å²) in [5.74, 6) is 2.24. The average molecular weight is 211 g/mol. The third-order valence-corrected chi connectivity index (χ3v) is 3.64. The van der Waals surface area contributed by atoms with E-state index < -0.39 is 0 Å². The van der Waals surface area contributed by atoms with E-state index in [9.17, 15) is 4.39 Å². The summed E-state index contributed by atoms with van der Waals surface area (Å²) in [6, 6.07) is 5.47. The molecule has 0 radical (unpaired) electrons. The molecule has 1 fully saturated rings. The van der Waals surface area contributed by atoms with Crippen molar-refractivity contribution in [1.29, 1.82) is 0 Å². The highest BCUT2D eigenvalue weighted by molar-refractivity contribution is 7.99. The number of hydrogen-bond acceptors (Lipinski definition) is 2. The molecule has 1 heterocycles. The van der Waals surface area contributed by atoms with E-state index in [0.717, 1.165) is 17.0 Å². The molecule has 3 heteroatoms. The molecule has 14 heavy (non-hydrogen) atoms. The maximum atomic E-state index is 12.8. The fourth-order valence-electron chi connectivity index (χ4n) is 1.66. The number of aryl methyl sites for hydroxylation is 1. The second-order valence-electron chi connectivity index (χ2n) is 3.66. The molecule has 76 valence electrons. The average Bonchev–Trinajstić information content (AvgIpc) is 2.62. The van der Waals surface area contributed by atoms with Crippen LogP contribution in [0.1, 0.15) is 12.0 Å². The molecule has 0 unspecified atom stereocenters. The van der Waals surface area contributed by atoms with Gasteiger partial charge in [-0.15, -0.1) is 0 Å². The Bertz CT molecular complexity index is 321. The molecule has 1 saturated heterocycles. The maximum Gasteiger partial charge on any atom is 0.123 e. The minimum absolute atomic E-state index is 0.158. The van der Waals surface area contributed by atoms with Crippen molar-refractivity contribution in [2.45, 2.75) is 19.4 Å². The number of halogens is 1. The molecule has 0 spiro atoms. The van der Waals surface area contributed by atoms with Crippen molar-refractivity contribution >= 4 is 17.4 Å². The maximum absolute atomic E-state index is 12.8. The molecule has 0 aromatic heterocycles. The lowest BCUT2D eigenvalue weighted by Gasteiger charge is -2.14. The van der Waals surface area contributed by atoms with E-state index in [4.69, 9.17) is 0 Å². The fraction of sp³-hybridized carbons (Fsp3) is 0.455. The van der Waals surface area contributed by atoms with Crippen LogP contribution in [0.4, 0.5) is 10.1 Å². The fourth-order valence-corrected chi connectivity index (χ4v) is 2.81. The van der Waals surface area contributed by atoms with Crippen LogP contribution in [0.3, 0.4) is 0 Å². The molecular weight excluding hydrogens is 197 g/mol. The smallest absolute Gasteiger partial charge is 0.123 e. The van der Waals surface area contributed by atoms with Gasteiger partial charge >= 0.3 is 0 Å². The monoisotopic (exact) mass is 211 g/mol. The molecule has 1 aromatic rings. The summed E-state index contributed by atoms with van der Waals surface area (Å²) in [5.41, 5.74) is 2.06. The Morgan fingerprint density at radius 1 is 1.50 bits per heavy atom. The van der Waals surface area contributed by atoms with Crippen LogP contribution < -0.4 is 5.32 Å². The minimum Gasteiger partial charge on any atom is -0.381 e. The Kier molecular flexibility index (Phi) is 2.96. The summed E-state index contributed by atoms with van der Waals surface area (Å²) in [7, 11) is 0. The van der Waals surface area contributed by atoms with Gasteiger partial charge in [0.15, 0.2) is 0 Å². The van der Waals surface area contributed by atoms with Crippen LogP contribution >= 0.6 is 11.8 Å². The van der Waals surface area contributed by atoms with Crippen LogP contribution in [-0.4, -0.2) is 17.5 Å². The Hall–Kier alpha value is -0.700. The Labute approximate surface area is 88.1 Å². The first-order chi connectivity index (χ1) is 6.75. The molecule has 0 aliphatic carbocycles. The molecule has 1 aliphatic heterocycles. The summed E-state index contributed by atoms with van der Waals surface area (Å²) in [6.45, 7) is 1.94. The van der Waals surface area contributed by atoms with E-state index in [1.807, 2.05) is 24.8 Å². The van der Waals surface area contributed by atoms with Gasteiger partial charge in [0.2, 0.25) is 0 Å². The van der Waals surface area contributed by atoms with E-state index >= 15 is 0 Å². The lowest BCUT2D eigenvalue weighted by molar-refractivity contribution is 0.626. The first kappa shape index (κ1) is 9.84. The van der Waals surface area contributed by atoms with Crippen LogP contribution in [0.25, 0.3) is 0 Å². The zero-order chi connectivity index (χ0) is 9.97. The lowest BCUT2D eigenvalue weighted by Crippen LogP contribution is -2.18. The van der Waals surface area contributed by atoms with Crippen molar-refractivity contribution in [2.75, 3.05) is 16.8 Å². The summed E-state index contributed by atoms with van der Waals surface area (Å²) >= 11 is 1.97. The van der Waals surface area contributed by atoms with E-state index in [1.54, 1.807) is 6.07 Å². The number of rotatable bonds is 2. The van der Waals surface area contributed by atoms with Crippen LogP contribution in [-0.2, 0) is 0 Å². The van der Waals surface area contributed by atoms with Crippen LogP contribution in [0.15, 0.2) is 18.2 Å². The lowest BCUT2D eigenvalue weighted by atomic mass is 10.1. The van der Waals surface area contributed by atoms with E-state index in [2.05, 4.69) is 5.32 Å². The SMILES string of the molecule is Cc1cc(F)ccc1N[C@@H]1CCSC1. The summed E-state index contributed by atoms with van der Waals surface area (Å²) in [6.07, 6.45) is 1.21. The van der Waals surface area contributed by atoms with Gasteiger partial charge in [-0.1, -0.05) is 0 Å². The molecule has 0 amide bonds. The van der Waals surface area contributed by atoms with Gasteiger partial charge in [-0.05, 0) is 42.9 Å². The Morgan fingerprint density at radius 2 is 2.36 bits per heavy atom. The second-order valence-corrected chi connectivity index (χ2v) is 4.81. The molecular formula is C11H14FNS. The predicted octanol–water partition coefficient (Wildman–Crippen LogP) is 3.05. The largest absolute Gasteiger partial charge is 0.381 e. The zero-order valence-electron chi connectivity index (χ0n) is 8.22. The van der Waals surface area contributed by atoms with Crippen molar-refractivity contribution in [2.24, 2.45) is 0 Å². The van der Waals surface area contributed by atoms with Crippen molar-refractivity contribution in [3.8, 4) is 0 Å². The van der Waals surface area contributed by atoms with Crippen molar-refractivity contribution in [3.05, 3.63) is 29.6 Å². The molecule has 0 bridgehead atoms. The van der Waals surface area contributed by atoms with E-state index in [1.165, 1.54) is 18.2 Å². The quantitative estimate of drug-likeness (QED) is 0.807. The van der Waals surface area contributed by atoms with Crippen LogP contribution in [0.5, 0.6) is 0 Å². The molecule has 1 aromatic carbocycles. The second kappa shape index (κ2) is 4.22. The number of anilines is 1. The van der Waals surface area contributed by atoms with Gasteiger partial charge in [-0.3, -0.25) is 0 Å². The third-order valence-electron chi connectivity index (χ3n) is 2.48. The van der Waals surface area contributed by atoms with Crippen molar-refractivity contribution in [1.82, 2.24) is 0 Å². The molecule has 0 saturated carbocycles. The van der Waals surface area contributed by atoms with Gasteiger partial charge in [-0.25, -0.2) is 4.39 Å². The molecule has 1 atom stereocenters. The summed E-state index contributed by atoms with van der Waals surface area (Å²) in [4.78, 5) is 0. The topological polar surface area (TPSA) is 12.0 Å². The number of thioether (sulfide) groups is 1. The number of benzene rings is 1. The van der Waals surface area contributed by atoms with Gasteiger partial charge in [0.1, 0.15) is 5.82 Å². The highest BCUT2D eigenvalue weighted by atomic mass is 32.2. The van der Waals surface area contributed by atoms with Gasteiger partial charge in [0.05, 0.1) is 0 Å². The Balaban J connectivity index is 2.08. The summed E-state index contributed by atoms with van der Waals surface area (Å²) in [5, 5.41) is 3.45. The molecule has 1 N–H and O–H groups in total. The molecule has 1 nitrogen and oxygen atoms in total. The number of nitrogens with one attached hydrogen (secondary N) is 1. The first-order valence-corrected chi connectivity index (χ1v) is 6.01. The Morgan fingerprint density at radius 3 is 3.00 bits per heavy atom. The highest BCUT2D eigenvalue weighted by Crippen LogP contribution is 2.23. The number of hydrogen-bond donors (Lipinski definition) is 1. The minimum atomic E-state index is -0.158. The standard InChI is InChI=1S/C11H14FNS/c1-8-6-9(12)2-3-11(8)13-10-4-5-14-7-10/h2-3,6,10,13H,4-5,7H2,1H3/t10-/m1/s1. The van der Waals surface area contributed by atoms with Gasteiger partial charge in [0, 0.05) is 17.5 Å². The van der Waals surface area contributed by atoms with Crippen LogP contribution in [0.2, 0.25) is 0 Å². The first-order valence-electron chi connectivity index (χ1n) is 4.86. The van der Waals surface area contributed by atoms with Crippen LogP contribution in [0, 0.1) is 12.7 Å². The van der Waals surface area contributed by atoms with Gasteiger partial charge in [0.25, 0.3) is 0 Å². The van der Waals surface area contributed by atoms with Gasteiger partial charge < -0.3 is 5.32 Å². The predicted molar refractivity (Wildman–Crippen MR) is 60.5 cm³/mol. The molecule has 2 rings (SSSR count). The van der Waals surface area contributed by atoms with E-state index in [-0.39, 0.29) is 5.82 Å². The van der Waals surface area contributed by atoms with Crippen molar-refractivity contribution in [3.63, 3.8) is 0 Å².